The number of anilines is 2. The van der Waals surface area contributed by atoms with Gasteiger partial charge in [0.2, 0.25) is 0 Å². The maximum Gasteiger partial charge on any atom is 0.0850 e. The summed E-state index contributed by atoms with van der Waals surface area (Å²) >= 11 is 6.36. The lowest BCUT2D eigenvalue weighted by atomic mass is 9.93. The highest BCUT2D eigenvalue weighted by atomic mass is 35.5. The molecule has 0 saturated carbocycles. The third-order valence-electron chi connectivity index (χ3n) is 4.38. The Bertz CT molecular complexity index is 651. The zero-order valence-corrected chi connectivity index (χ0v) is 16.2. The number of hydrogen-bond donors (Lipinski definition) is 2. The summed E-state index contributed by atoms with van der Waals surface area (Å²) < 4.78 is 0. The summed E-state index contributed by atoms with van der Waals surface area (Å²) in [6.07, 6.45) is 0.961. The van der Waals surface area contributed by atoms with Crippen LogP contribution in [-0.2, 0) is 6.42 Å². The minimum atomic E-state index is 0.484. The van der Waals surface area contributed by atoms with Crippen molar-refractivity contribution in [2.24, 2.45) is 0 Å². The molecular formula is C21H29ClN2. The number of hydrogen-bond acceptors (Lipinski definition) is 2. The average molecular weight is 345 g/mol. The molecule has 0 spiro atoms. The maximum absolute atomic E-state index is 6.36. The molecule has 0 saturated heterocycles. The van der Waals surface area contributed by atoms with E-state index in [1.807, 2.05) is 12.1 Å². The topological polar surface area (TPSA) is 24.1 Å². The first kappa shape index (κ1) is 18.7. The lowest BCUT2D eigenvalue weighted by Gasteiger charge is -2.22. The summed E-state index contributed by atoms with van der Waals surface area (Å²) in [6.45, 7) is 11.8. The fourth-order valence-corrected chi connectivity index (χ4v) is 3.30. The Morgan fingerprint density at radius 3 is 1.92 bits per heavy atom. The van der Waals surface area contributed by atoms with Crippen LogP contribution in [0.15, 0.2) is 36.4 Å². The number of para-hydroxylation sites is 2. The second kappa shape index (κ2) is 8.43. The molecule has 2 nitrogen and oxygen atoms in total. The minimum absolute atomic E-state index is 0.484. The van der Waals surface area contributed by atoms with E-state index >= 15 is 0 Å². The van der Waals surface area contributed by atoms with Crippen LogP contribution in [0.5, 0.6) is 0 Å². The number of rotatable bonds is 7. The predicted molar refractivity (Wildman–Crippen MR) is 108 cm³/mol. The monoisotopic (exact) mass is 344 g/mol. The van der Waals surface area contributed by atoms with Gasteiger partial charge in [-0.25, -0.2) is 0 Å². The van der Waals surface area contributed by atoms with E-state index in [-0.39, 0.29) is 0 Å². The molecule has 0 aliphatic heterocycles. The van der Waals surface area contributed by atoms with Gasteiger partial charge in [0.15, 0.2) is 0 Å². The molecule has 0 amide bonds. The summed E-state index contributed by atoms with van der Waals surface area (Å²) in [4.78, 5) is 0. The van der Waals surface area contributed by atoms with Crippen molar-refractivity contribution in [3.05, 3.63) is 58.1 Å². The summed E-state index contributed by atoms with van der Waals surface area (Å²) in [5, 5.41) is 7.85. The second-order valence-electron chi connectivity index (χ2n) is 6.78. The Morgan fingerprint density at radius 2 is 1.38 bits per heavy atom. The summed E-state index contributed by atoms with van der Waals surface area (Å²) in [5.74, 6) is 0.968. The van der Waals surface area contributed by atoms with E-state index in [0.29, 0.717) is 18.5 Å². The van der Waals surface area contributed by atoms with E-state index in [1.54, 1.807) is 0 Å². The molecule has 0 radical (unpaired) electrons. The zero-order chi connectivity index (χ0) is 17.7. The van der Waals surface area contributed by atoms with E-state index in [9.17, 15) is 0 Å². The SMILES string of the molecule is CCc1cccc(Cl)c1NCNc1c(C(C)C)cccc1C(C)C. The van der Waals surface area contributed by atoms with Crippen LogP contribution in [0, 0.1) is 0 Å². The van der Waals surface area contributed by atoms with Crippen molar-refractivity contribution in [2.75, 3.05) is 17.3 Å². The molecular weight excluding hydrogens is 316 g/mol. The first-order chi connectivity index (χ1) is 11.5. The molecule has 0 bridgehead atoms. The largest absolute Gasteiger partial charge is 0.367 e. The highest BCUT2D eigenvalue weighted by molar-refractivity contribution is 6.33. The van der Waals surface area contributed by atoms with Gasteiger partial charge in [0.05, 0.1) is 17.4 Å². The van der Waals surface area contributed by atoms with Gasteiger partial charge in [-0.2, -0.15) is 0 Å². The van der Waals surface area contributed by atoms with Gasteiger partial charge in [-0.1, -0.05) is 76.6 Å². The molecule has 2 aromatic rings. The Morgan fingerprint density at radius 1 is 0.833 bits per heavy atom. The smallest absolute Gasteiger partial charge is 0.0850 e. The van der Waals surface area contributed by atoms with E-state index in [2.05, 4.69) is 69.5 Å². The van der Waals surface area contributed by atoms with Gasteiger partial charge >= 0.3 is 0 Å². The van der Waals surface area contributed by atoms with Gasteiger partial charge in [0.1, 0.15) is 0 Å². The predicted octanol–water partition coefficient (Wildman–Crippen LogP) is 6.63. The van der Waals surface area contributed by atoms with Crippen LogP contribution in [0.4, 0.5) is 11.4 Å². The summed E-state index contributed by atoms with van der Waals surface area (Å²) in [6, 6.07) is 12.6. The van der Waals surface area contributed by atoms with Crippen LogP contribution in [0.3, 0.4) is 0 Å². The van der Waals surface area contributed by atoms with E-state index < -0.39 is 0 Å². The van der Waals surface area contributed by atoms with Crippen LogP contribution >= 0.6 is 11.6 Å². The fraction of sp³-hybridized carbons (Fsp3) is 0.429. The lowest BCUT2D eigenvalue weighted by Crippen LogP contribution is -2.16. The third-order valence-corrected chi connectivity index (χ3v) is 4.70. The van der Waals surface area contributed by atoms with E-state index in [1.165, 1.54) is 22.4 Å². The molecule has 0 atom stereocenters. The third kappa shape index (κ3) is 4.24. The number of halogens is 1. The van der Waals surface area contributed by atoms with Crippen molar-refractivity contribution in [1.82, 2.24) is 0 Å². The summed E-state index contributed by atoms with van der Waals surface area (Å²) in [5.41, 5.74) is 6.24. The van der Waals surface area contributed by atoms with Gasteiger partial charge in [0.25, 0.3) is 0 Å². The van der Waals surface area contributed by atoms with Crippen molar-refractivity contribution in [1.29, 1.82) is 0 Å². The first-order valence-electron chi connectivity index (χ1n) is 8.83. The second-order valence-corrected chi connectivity index (χ2v) is 7.19. The van der Waals surface area contributed by atoms with Crippen LogP contribution in [0.1, 0.15) is 63.1 Å². The van der Waals surface area contributed by atoms with Crippen LogP contribution in [0.25, 0.3) is 0 Å². The van der Waals surface area contributed by atoms with Gasteiger partial charge in [0, 0.05) is 5.69 Å². The molecule has 0 aliphatic rings. The van der Waals surface area contributed by atoms with E-state index in [0.717, 1.165) is 17.1 Å². The molecule has 2 N–H and O–H groups in total. The van der Waals surface area contributed by atoms with Crippen LogP contribution in [0.2, 0.25) is 5.02 Å². The number of aryl methyl sites for hydroxylation is 1. The molecule has 0 aromatic heterocycles. The minimum Gasteiger partial charge on any atom is -0.367 e. The van der Waals surface area contributed by atoms with Gasteiger partial charge < -0.3 is 10.6 Å². The van der Waals surface area contributed by atoms with E-state index in [4.69, 9.17) is 11.6 Å². The average Bonchev–Trinajstić information content (AvgIpc) is 2.55. The first-order valence-corrected chi connectivity index (χ1v) is 9.21. The molecule has 0 aliphatic carbocycles. The number of nitrogens with one attached hydrogen (secondary N) is 2. The van der Waals surface area contributed by atoms with Gasteiger partial charge in [-0.05, 0) is 41.0 Å². The number of benzene rings is 2. The summed E-state index contributed by atoms with van der Waals surface area (Å²) in [7, 11) is 0. The van der Waals surface area contributed by atoms with Crippen molar-refractivity contribution >= 4 is 23.0 Å². The quantitative estimate of drug-likeness (QED) is 0.551. The molecule has 2 rings (SSSR count). The van der Waals surface area contributed by atoms with Gasteiger partial charge in [-0.15, -0.1) is 0 Å². The molecule has 24 heavy (non-hydrogen) atoms. The van der Waals surface area contributed by atoms with Crippen LogP contribution in [-0.4, -0.2) is 6.67 Å². The van der Waals surface area contributed by atoms with Crippen molar-refractivity contribution < 1.29 is 0 Å². The molecule has 0 fully saturated rings. The van der Waals surface area contributed by atoms with Gasteiger partial charge in [-0.3, -0.25) is 0 Å². The normalized spacial score (nSPS) is 11.2. The Kier molecular flexibility index (Phi) is 6.56. The Hall–Kier alpha value is -1.67. The zero-order valence-electron chi connectivity index (χ0n) is 15.4. The molecule has 0 unspecified atom stereocenters. The fourth-order valence-electron chi connectivity index (χ4n) is 3.04. The standard InChI is InChI=1S/C21H29ClN2/c1-6-16-9-7-12-19(22)20(16)23-13-24-21-17(14(2)3)10-8-11-18(21)15(4)5/h7-12,14-15,23-24H,6,13H2,1-5H3. The molecule has 3 heteroatoms. The van der Waals surface area contributed by atoms with Crippen molar-refractivity contribution in [3.63, 3.8) is 0 Å². The Labute approximate surface area is 151 Å². The van der Waals surface area contributed by atoms with Crippen molar-refractivity contribution in [2.45, 2.75) is 52.9 Å². The molecule has 0 heterocycles. The lowest BCUT2D eigenvalue weighted by molar-refractivity contribution is 0.834. The maximum atomic E-state index is 6.36. The Balaban J connectivity index is 2.21. The van der Waals surface area contributed by atoms with Crippen molar-refractivity contribution in [3.8, 4) is 0 Å². The highest BCUT2D eigenvalue weighted by Crippen LogP contribution is 2.32. The molecule has 2 aromatic carbocycles. The highest BCUT2D eigenvalue weighted by Gasteiger charge is 2.13. The van der Waals surface area contributed by atoms with Crippen LogP contribution < -0.4 is 10.6 Å². The molecule has 130 valence electrons.